The minimum absolute atomic E-state index is 0.483. The van der Waals surface area contributed by atoms with E-state index in [4.69, 9.17) is 0 Å². The van der Waals surface area contributed by atoms with Gasteiger partial charge in [-0.15, -0.1) is 0 Å². The Morgan fingerprint density at radius 1 is 0.957 bits per heavy atom. The van der Waals surface area contributed by atoms with Crippen molar-refractivity contribution in [2.75, 3.05) is 13.6 Å². The number of likely N-dealkylation sites (N-methyl/N-ethyl adjacent to an activating group) is 1. The van der Waals surface area contributed by atoms with E-state index in [9.17, 15) is 0 Å². The van der Waals surface area contributed by atoms with Gasteiger partial charge in [-0.1, -0.05) is 78.9 Å². The van der Waals surface area contributed by atoms with Crippen LogP contribution in [0.1, 0.15) is 22.7 Å². The topological polar surface area (TPSA) is 3.24 Å². The SMILES string of the molecule is CN(C/C=C/c1ccccc1)C1Cc2cccc3cccc1c23. The van der Waals surface area contributed by atoms with Gasteiger partial charge < -0.3 is 0 Å². The normalized spacial score (nSPS) is 16.7. The molecule has 1 aliphatic rings. The molecule has 0 radical (unpaired) electrons. The summed E-state index contributed by atoms with van der Waals surface area (Å²) in [6, 6.07) is 24.4. The molecule has 0 bridgehead atoms. The zero-order valence-corrected chi connectivity index (χ0v) is 13.4. The summed E-state index contributed by atoms with van der Waals surface area (Å²) in [6.07, 6.45) is 5.59. The average Bonchev–Trinajstić information content (AvgIpc) is 2.97. The lowest BCUT2D eigenvalue weighted by Gasteiger charge is -2.24. The van der Waals surface area contributed by atoms with Crippen molar-refractivity contribution in [2.45, 2.75) is 12.5 Å². The van der Waals surface area contributed by atoms with E-state index in [0.717, 1.165) is 13.0 Å². The summed E-state index contributed by atoms with van der Waals surface area (Å²) in [7, 11) is 2.23. The van der Waals surface area contributed by atoms with E-state index in [0.29, 0.717) is 6.04 Å². The predicted molar refractivity (Wildman–Crippen MR) is 98.5 cm³/mol. The van der Waals surface area contributed by atoms with Crippen molar-refractivity contribution in [3.63, 3.8) is 0 Å². The lowest BCUT2D eigenvalue weighted by atomic mass is 10.0. The smallest absolute Gasteiger partial charge is 0.0395 e. The second-order valence-corrected chi connectivity index (χ2v) is 6.34. The lowest BCUT2D eigenvalue weighted by Crippen LogP contribution is -2.24. The first-order valence-electron chi connectivity index (χ1n) is 8.25. The third-order valence-electron chi connectivity index (χ3n) is 4.83. The van der Waals surface area contributed by atoms with Crippen molar-refractivity contribution in [3.8, 4) is 0 Å². The van der Waals surface area contributed by atoms with Crippen molar-refractivity contribution >= 4 is 16.8 Å². The van der Waals surface area contributed by atoms with Gasteiger partial charge in [0.2, 0.25) is 0 Å². The first kappa shape index (κ1) is 14.2. The van der Waals surface area contributed by atoms with E-state index in [2.05, 4.69) is 90.8 Å². The summed E-state index contributed by atoms with van der Waals surface area (Å²) < 4.78 is 0. The van der Waals surface area contributed by atoms with E-state index >= 15 is 0 Å². The first-order valence-corrected chi connectivity index (χ1v) is 8.25. The molecule has 1 unspecified atom stereocenters. The Hall–Kier alpha value is -2.38. The third kappa shape index (κ3) is 2.69. The zero-order chi connectivity index (χ0) is 15.6. The maximum absolute atomic E-state index is 2.45. The van der Waals surface area contributed by atoms with E-state index < -0.39 is 0 Å². The molecule has 3 aromatic rings. The van der Waals surface area contributed by atoms with Crippen molar-refractivity contribution < 1.29 is 0 Å². The quantitative estimate of drug-likeness (QED) is 0.649. The van der Waals surface area contributed by atoms with E-state index in [1.165, 1.54) is 27.5 Å². The Bertz CT molecular complexity index is 843. The van der Waals surface area contributed by atoms with Gasteiger partial charge in [-0.25, -0.2) is 0 Å². The van der Waals surface area contributed by atoms with Gasteiger partial charge in [-0.3, -0.25) is 4.90 Å². The average molecular weight is 299 g/mol. The molecule has 1 nitrogen and oxygen atoms in total. The van der Waals surface area contributed by atoms with Gasteiger partial charge in [0, 0.05) is 12.6 Å². The molecule has 0 fully saturated rings. The maximum Gasteiger partial charge on any atom is 0.0395 e. The van der Waals surface area contributed by atoms with Crippen LogP contribution < -0.4 is 0 Å². The van der Waals surface area contributed by atoms with Crippen LogP contribution in [-0.2, 0) is 6.42 Å². The summed E-state index contributed by atoms with van der Waals surface area (Å²) in [5, 5.41) is 2.84. The summed E-state index contributed by atoms with van der Waals surface area (Å²) in [5.74, 6) is 0. The summed E-state index contributed by atoms with van der Waals surface area (Å²) in [5.41, 5.74) is 4.23. The number of rotatable bonds is 4. The van der Waals surface area contributed by atoms with Gasteiger partial charge in [0.25, 0.3) is 0 Å². The van der Waals surface area contributed by atoms with Crippen LogP contribution in [-0.4, -0.2) is 18.5 Å². The Kier molecular flexibility index (Phi) is 3.72. The fourth-order valence-electron chi connectivity index (χ4n) is 3.66. The standard InChI is InChI=1S/C22H21N/c1-23(15-7-10-17-8-3-2-4-9-17)21-16-19-13-5-11-18-12-6-14-20(21)22(18)19/h2-14,21H,15-16H2,1H3/b10-7+. The number of nitrogens with zero attached hydrogens (tertiary/aromatic N) is 1. The summed E-state index contributed by atoms with van der Waals surface area (Å²) >= 11 is 0. The van der Waals surface area contributed by atoms with E-state index in [-0.39, 0.29) is 0 Å². The molecule has 0 spiro atoms. The van der Waals surface area contributed by atoms with Crippen LogP contribution in [0.5, 0.6) is 0 Å². The molecule has 3 aromatic carbocycles. The van der Waals surface area contributed by atoms with Gasteiger partial charge in [0.05, 0.1) is 0 Å². The molecule has 0 amide bonds. The monoisotopic (exact) mass is 299 g/mol. The lowest BCUT2D eigenvalue weighted by molar-refractivity contribution is 0.276. The largest absolute Gasteiger partial charge is 0.295 e. The van der Waals surface area contributed by atoms with Gasteiger partial charge in [-0.05, 0) is 40.9 Å². The Balaban J connectivity index is 1.54. The van der Waals surface area contributed by atoms with Gasteiger partial charge >= 0.3 is 0 Å². The second kappa shape index (κ2) is 6.02. The molecular formula is C22H21N. The minimum atomic E-state index is 0.483. The highest BCUT2D eigenvalue weighted by Crippen LogP contribution is 2.39. The first-order chi connectivity index (χ1) is 11.3. The van der Waals surface area contributed by atoms with Crippen molar-refractivity contribution in [1.82, 2.24) is 4.90 Å². The molecule has 23 heavy (non-hydrogen) atoms. The van der Waals surface area contributed by atoms with Crippen LogP contribution in [0.4, 0.5) is 0 Å². The second-order valence-electron chi connectivity index (χ2n) is 6.34. The fourth-order valence-corrected chi connectivity index (χ4v) is 3.66. The van der Waals surface area contributed by atoms with Crippen molar-refractivity contribution in [2.24, 2.45) is 0 Å². The van der Waals surface area contributed by atoms with Crippen LogP contribution in [0, 0.1) is 0 Å². The van der Waals surface area contributed by atoms with Crippen LogP contribution in [0.2, 0.25) is 0 Å². The molecule has 4 rings (SSSR count). The molecule has 0 aromatic heterocycles. The van der Waals surface area contributed by atoms with Gasteiger partial charge in [-0.2, -0.15) is 0 Å². The Morgan fingerprint density at radius 2 is 1.74 bits per heavy atom. The van der Waals surface area contributed by atoms with Crippen LogP contribution in [0.25, 0.3) is 16.8 Å². The third-order valence-corrected chi connectivity index (χ3v) is 4.83. The molecule has 0 aliphatic heterocycles. The van der Waals surface area contributed by atoms with Crippen LogP contribution in [0.15, 0.2) is 72.8 Å². The molecule has 114 valence electrons. The number of hydrogen-bond acceptors (Lipinski definition) is 1. The van der Waals surface area contributed by atoms with Crippen molar-refractivity contribution in [3.05, 3.63) is 89.5 Å². The molecule has 1 heteroatoms. The predicted octanol–water partition coefficient (Wildman–Crippen LogP) is 5.08. The number of benzene rings is 3. The zero-order valence-electron chi connectivity index (χ0n) is 13.4. The fraction of sp³-hybridized carbons (Fsp3) is 0.182. The van der Waals surface area contributed by atoms with Crippen molar-refractivity contribution in [1.29, 1.82) is 0 Å². The summed E-state index contributed by atoms with van der Waals surface area (Å²) in [4.78, 5) is 2.45. The molecule has 0 saturated carbocycles. The van der Waals surface area contributed by atoms with E-state index in [1.807, 2.05) is 0 Å². The molecule has 1 atom stereocenters. The number of hydrogen-bond donors (Lipinski definition) is 0. The molecule has 1 aliphatic carbocycles. The molecule has 0 N–H and O–H groups in total. The van der Waals surface area contributed by atoms with Crippen LogP contribution >= 0.6 is 0 Å². The van der Waals surface area contributed by atoms with E-state index in [1.54, 1.807) is 0 Å². The van der Waals surface area contributed by atoms with Crippen LogP contribution in [0.3, 0.4) is 0 Å². The maximum atomic E-state index is 2.45. The summed E-state index contributed by atoms with van der Waals surface area (Å²) in [6.45, 7) is 0.962. The Morgan fingerprint density at radius 3 is 2.57 bits per heavy atom. The molecule has 0 saturated heterocycles. The van der Waals surface area contributed by atoms with Gasteiger partial charge in [0.1, 0.15) is 0 Å². The van der Waals surface area contributed by atoms with Gasteiger partial charge in [0.15, 0.2) is 0 Å². The highest BCUT2D eigenvalue weighted by Gasteiger charge is 2.26. The Labute approximate surface area is 137 Å². The highest BCUT2D eigenvalue weighted by molar-refractivity contribution is 5.91. The highest BCUT2D eigenvalue weighted by atomic mass is 15.1. The minimum Gasteiger partial charge on any atom is -0.295 e. The molecular weight excluding hydrogens is 278 g/mol. The molecule has 0 heterocycles.